The van der Waals surface area contributed by atoms with Gasteiger partial charge in [-0.15, -0.1) is 0 Å². The van der Waals surface area contributed by atoms with Gasteiger partial charge in [0.25, 0.3) is 0 Å². The van der Waals surface area contributed by atoms with Crippen LogP contribution in [-0.4, -0.2) is 66.8 Å². The van der Waals surface area contributed by atoms with Crippen molar-refractivity contribution in [3.8, 4) is 0 Å². The second kappa shape index (κ2) is 5.60. The third-order valence-electron chi connectivity index (χ3n) is 3.60. The van der Waals surface area contributed by atoms with Gasteiger partial charge in [0.1, 0.15) is 5.78 Å². The molecule has 1 unspecified atom stereocenters. The number of piperazine rings is 3. The van der Waals surface area contributed by atoms with Gasteiger partial charge in [0.15, 0.2) is 0 Å². The minimum Gasteiger partial charge on any atom is -0.356 e. The lowest BCUT2D eigenvalue weighted by atomic mass is 10.0. The maximum Gasteiger partial charge on any atom is 0.227 e. The highest BCUT2D eigenvalue weighted by Gasteiger charge is 2.31. The Morgan fingerprint density at radius 2 is 1.94 bits per heavy atom. The second-order valence-corrected chi connectivity index (χ2v) is 5.01. The van der Waals surface area contributed by atoms with Crippen molar-refractivity contribution in [3.05, 3.63) is 0 Å². The molecule has 0 aliphatic carbocycles. The van der Waals surface area contributed by atoms with Crippen LogP contribution >= 0.6 is 0 Å². The zero-order chi connectivity index (χ0) is 12.3. The van der Waals surface area contributed by atoms with Crippen molar-refractivity contribution >= 4 is 11.7 Å². The van der Waals surface area contributed by atoms with Gasteiger partial charge in [0.2, 0.25) is 5.91 Å². The summed E-state index contributed by atoms with van der Waals surface area (Å²) < 4.78 is 0. The van der Waals surface area contributed by atoms with Crippen LogP contribution in [-0.2, 0) is 9.59 Å². The number of hydrogen-bond donors (Lipinski definition) is 1. The molecule has 3 saturated heterocycles. The van der Waals surface area contributed by atoms with Crippen LogP contribution in [0.1, 0.15) is 19.8 Å². The predicted molar refractivity (Wildman–Crippen MR) is 64.7 cm³/mol. The zero-order valence-corrected chi connectivity index (χ0v) is 10.4. The van der Waals surface area contributed by atoms with Crippen molar-refractivity contribution in [1.29, 1.82) is 0 Å². The Morgan fingerprint density at radius 1 is 1.24 bits per heavy atom. The summed E-state index contributed by atoms with van der Waals surface area (Å²) in [5.74, 6) is -0.220. The molecule has 3 heterocycles. The van der Waals surface area contributed by atoms with Crippen LogP contribution in [0.2, 0.25) is 0 Å². The normalized spacial score (nSPS) is 31.2. The molecule has 3 aliphatic rings. The lowest BCUT2D eigenvalue weighted by Gasteiger charge is -2.47. The Bertz CT molecular complexity index is 298. The van der Waals surface area contributed by atoms with E-state index in [2.05, 4.69) is 15.1 Å². The molecule has 1 atom stereocenters. The van der Waals surface area contributed by atoms with Crippen LogP contribution < -0.4 is 5.32 Å². The fourth-order valence-electron chi connectivity index (χ4n) is 2.67. The molecule has 0 spiro atoms. The van der Waals surface area contributed by atoms with Gasteiger partial charge in [-0.1, -0.05) is 0 Å². The van der Waals surface area contributed by atoms with Gasteiger partial charge in [-0.3, -0.25) is 19.4 Å². The molecule has 0 aromatic heterocycles. The van der Waals surface area contributed by atoms with Crippen molar-refractivity contribution in [3.63, 3.8) is 0 Å². The first-order chi connectivity index (χ1) is 8.15. The standard InChI is InChI=1S/C12H21N3O2/c1-10(16)8-12(17)13-3-2-11-9-14-4-6-15(11)7-5-14/h11H,2-9H2,1H3,(H,13,17). The van der Waals surface area contributed by atoms with E-state index in [1.54, 1.807) is 0 Å². The summed E-state index contributed by atoms with van der Waals surface area (Å²) >= 11 is 0. The average Bonchev–Trinajstić information content (AvgIpc) is 2.29. The molecule has 0 aromatic rings. The first kappa shape index (κ1) is 12.5. The largest absolute Gasteiger partial charge is 0.356 e. The summed E-state index contributed by atoms with van der Waals surface area (Å²) in [4.78, 5) is 27.0. The molecule has 1 amide bonds. The Labute approximate surface area is 102 Å². The van der Waals surface area contributed by atoms with Crippen LogP contribution in [0.25, 0.3) is 0 Å². The van der Waals surface area contributed by atoms with Crippen LogP contribution in [0, 0.1) is 0 Å². The number of carbonyl (C=O) groups excluding carboxylic acids is 2. The molecule has 3 rings (SSSR count). The number of ketones is 1. The van der Waals surface area contributed by atoms with E-state index in [1.807, 2.05) is 0 Å². The third-order valence-corrected chi connectivity index (χ3v) is 3.60. The second-order valence-electron chi connectivity index (χ2n) is 5.01. The molecule has 3 fully saturated rings. The molecular weight excluding hydrogens is 218 g/mol. The smallest absolute Gasteiger partial charge is 0.227 e. The molecule has 5 heteroatoms. The molecule has 0 saturated carbocycles. The average molecular weight is 239 g/mol. The molecular formula is C12H21N3O2. The molecule has 5 nitrogen and oxygen atoms in total. The minimum atomic E-state index is -0.145. The summed E-state index contributed by atoms with van der Waals surface area (Å²) in [5.41, 5.74) is 0. The summed E-state index contributed by atoms with van der Waals surface area (Å²) in [5, 5.41) is 2.82. The number of carbonyl (C=O) groups is 2. The lowest BCUT2D eigenvalue weighted by molar-refractivity contribution is -0.127. The first-order valence-corrected chi connectivity index (χ1v) is 6.37. The van der Waals surface area contributed by atoms with Gasteiger partial charge in [-0.2, -0.15) is 0 Å². The van der Waals surface area contributed by atoms with Crippen molar-refractivity contribution in [2.75, 3.05) is 39.3 Å². The summed E-state index contributed by atoms with van der Waals surface area (Å²) in [7, 11) is 0. The highest BCUT2D eigenvalue weighted by molar-refractivity contribution is 5.96. The van der Waals surface area contributed by atoms with E-state index < -0.39 is 0 Å². The number of fused-ring (bicyclic) bond motifs is 3. The van der Waals surface area contributed by atoms with Crippen molar-refractivity contribution in [1.82, 2.24) is 15.1 Å². The molecule has 17 heavy (non-hydrogen) atoms. The molecule has 1 N–H and O–H groups in total. The highest BCUT2D eigenvalue weighted by Crippen LogP contribution is 2.17. The molecule has 0 radical (unpaired) electrons. The van der Waals surface area contributed by atoms with Gasteiger partial charge < -0.3 is 5.32 Å². The van der Waals surface area contributed by atoms with Crippen molar-refractivity contribution in [2.45, 2.75) is 25.8 Å². The van der Waals surface area contributed by atoms with E-state index in [9.17, 15) is 9.59 Å². The topological polar surface area (TPSA) is 52.7 Å². The van der Waals surface area contributed by atoms with Crippen molar-refractivity contribution in [2.24, 2.45) is 0 Å². The highest BCUT2D eigenvalue weighted by atomic mass is 16.2. The maximum absolute atomic E-state index is 11.3. The number of hydrogen-bond acceptors (Lipinski definition) is 4. The lowest BCUT2D eigenvalue weighted by Crippen LogP contribution is -2.61. The van der Waals surface area contributed by atoms with Crippen LogP contribution in [0.15, 0.2) is 0 Å². The third kappa shape index (κ3) is 3.51. The molecule has 0 aromatic carbocycles. The van der Waals surface area contributed by atoms with E-state index in [0.29, 0.717) is 12.6 Å². The Hall–Kier alpha value is -0.940. The fraction of sp³-hybridized carbons (Fsp3) is 0.833. The van der Waals surface area contributed by atoms with Gasteiger partial charge in [0.05, 0.1) is 6.42 Å². The molecule has 2 bridgehead atoms. The summed E-state index contributed by atoms with van der Waals surface area (Å²) in [6.07, 6.45) is 1.00. The van der Waals surface area contributed by atoms with Gasteiger partial charge in [0, 0.05) is 45.3 Å². The Morgan fingerprint density at radius 3 is 2.47 bits per heavy atom. The Balaban J connectivity index is 1.65. The van der Waals surface area contributed by atoms with E-state index in [4.69, 9.17) is 0 Å². The number of nitrogens with zero attached hydrogens (tertiary/aromatic N) is 2. The van der Waals surface area contributed by atoms with Gasteiger partial charge in [-0.25, -0.2) is 0 Å². The van der Waals surface area contributed by atoms with Gasteiger partial charge >= 0.3 is 0 Å². The first-order valence-electron chi connectivity index (χ1n) is 6.37. The number of amides is 1. The minimum absolute atomic E-state index is 0.0144. The Kier molecular flexibility index (Phi) is 4.12. The zero-order valence-electron chi connectivity index (χ0n) is 10.4. The number of Topliss-reactive ketones (excluding diaryl/α,β-unsaturated/α-hetero) is 1. The van der Waals surface area contributed by atoms with E-state index in [-0.39, 0.29) is 18.1 Å². The molecule has 3 aliphatic heterocycles. The van der Waals surface area contributed by atoms with E-state index in [1.165, 1.54) is 20.0 Å². The summed E-state index contributed by atoms with van der Waals surface area (Å²) in [6, 6.07) is 0.579. The molecule has 96 valence electrons. The quantitative estimate of drug-likeness (QED) is 0.655. The van der Waals surface area contributed by atoms with Crippen LogP contribution in [0.5, 0.6) is 0 Å². The number of nitrogens with one attached hydrogen (secondary N) is 1. The van der Waals surface area contributed by atoms with Gasteiger partial charge in [-0.05, 0) is 13.3 Å². The summed E-state index contributed by atoms with van der Waals surface area (Å²) in [6.45, 7) is 7.95. The van der Waals surface area contributed by atoms with Crippen molar-refractivity contribution < 1.29 is 9.59 Å². The fourth-order valence-corrected chi connectivity index (χ4v) is 2.67. The number of rotatable bonds is 5. The van der Waals surface area contributed by atoms with Crippen LogP contribution in [0.4, 0.5) is 0 Å². The maximum atomic E-state index is 11.3. The van der Waals surface area contributed by atoms with E-state index in [0.717, 1.165) is 26.1 Å². The van der Waals surface area contributed by atoms with Crippen LogP contribution in [0.3, 0.4) is 0 Å². The monoisotopic (exact) mass is 239 g/mol. The van der Waals surface area contributed by atoms with E-state index >= 15 is 0 Å². The predicted octanol–water partition coefficient (Wildman–Crippen LogP) is -0.528. The SMILES string of the molecule is CC(=O)CC(=O)NCCC1CN2CCN1CC2.